The molecule has 0 spiro atoms. The van der Waals surface area contributed by atoms with Crippen molar-refractivity contribution >= 4 is 131 Å². The summed E-state index contributed by atoms with van der Waals surface area (Å²) in [4.78, 5) is 58.6. The van der Waals surface area contributed by atoms with Gasteiger partial charge in [-0.25, -0.2) is 0 Å². The van der Waals surface area contributed by atoms with Crippen LogP contribution in [-0.2, 0) is 0 Å². The van der Waals surface area contributed by atoms with E-state index in [9.17, 15) is 0 Å². The first kappa shape index (κ1) is 50.3. The molecule has 8 nitrogen and oxygen atoms in total. The van der Waals surface area contributed by atoms with Gasteiger partial charge in [-0.15, -0.1) is 0 Å². The standard InChI is InChI=1S/6Li.2H4O4Si.6H/c;;;;;;2*1-5(2,3)4;;;;;;/h;;;;;;2*1-4H;;;;;;. The van der Waals surface area contributed by atoms with Gasteiger partial charge in [0.05, 0.1) is 0 Å². The van der Waals surface area contributed by atoms with E-state index in [1.165, 1.54) is 0 Å². The van der Waals surface area contributed by atoms with Gasteiger partial charge in [0.2, 0.25) is 0 Å². The topological polar surface area (TPSA) is 162 Å². The molecule has 0 aliphatic carbocycles. The van der Waals surface area contributed by atoms with E-state index in [2.05, 4.69) is 0 Å². The van der Waals surface area contributed by atoms with Gasteiger partial charge in [0, 0.05) is 0 Å². The average molecular weight is 240 g/mol. The first-order valence-corrected chi connectivity index (χ1v) is 5.37. The fraction of sp³-hybridized carbons (Fsp3) is 0. The molecular weight excluding hydrogens is 226 g/mol. The second-order valence-corrected chi connectivity index (χ2v) is 3.60. The third-order valence-electron chi connectivity index (χ3n) is 0. The SMILES string of the molecule is O[Si](O)(O)O.O[Si](O)(O)O.[LiH].[LiH].[LiH].[LiH].[LiH].[LiH]. The van der Waals surface area contributed by atoms with E-state index in [1.807, 2.05) is 0 Å². The van der Waals surface area contributed by atoms with Gasteiger partial charge >= 0.3 is 131 Å². The van der Waals surface area contributed by atoms with Crippen molar-refractivity contribution in [1.29, 1.82) is 0 Å². The van der Waals surface area contributed by atoms with E-state index in [1.54, 1.807) is 0 Å². The van der Waals surface area contributed by atoms with Crippen molar-refractivity contribution in [1.82, 2.24) is 0 Å². The Kier molecular flexibility index (Phi) is 74.8. The monoisotopic (exact) mass is 240 g/mol. The second-order valence-electron chi connectivity index (χ2n) is 1.20. The van der Waals surface area contributed by atoms with Crippen molar-refractivity contribution in [3.05, 3.63) is 0 Å². The molecule has 0 saturated carbocycles. The van der Waals surface area contributed by atoms with Crippen molar-refractivity contribution in [2.75, 3.05) is 0 Å². The molecule has 0 aliphatic heterocycles. The summed E-state index contributed by atoms with van der Waals surface area (Å²) in [5.41, 5.74) is 0. The molecule has 16 heavy (non-hydrogen) atoms. The molecule has 0 unspecified atom stereocenters. The van der Waals surface area contributed by atoms with Crippen molar-refractivity contribution < 1.29 is 38.4 Å². The van der Waals surface area contributed by atoms with Crippen LogP contribution >= 0.6 is 0 Å². The molecule has 0 heterocycles. The third kappa shape index (κ3) is 361. The van der Waals surface area contributed by atoms with Crippen LogP contribution in [0.5, 0.6) is 0 Å². The van der Waals surface area contributed by atoms with Crippen LogP contribution in [0.2, 0.25) is 0 Å². The van der Waals surface area contributed by atoms with Crippen LogP contribution in [0.25, 0.3) is 0 Å². The summed E-state index contributed by atoms with van der Waals surface area (Å²) in [7, 11) is -9.22. The first-order valence-electron chi connectivity index (χ1n) is 1.79. The molecule has 76 valence electrons. The Morgan fingerprint density at radius 1 is 0.312 bits per heavy atom. The van der Waals surface area contributed by atoms with Crippen molar-refractivity contribution in [2.45, 2.75) is 0 Å². The van der Waals surface area contributed by atoms with Gasteiger partial charge in [-0.3, -0.25) is 0 Å². The maximum atomic E-state index is 7.33. The summed E-state index contributed by atoms with van der Waals surface area (Å²) in [5.74, 6) is 0. The summed E-state index contributed by atoms with van der Waals surface area (Å²) in [6.45, 7) is 0. The molecule has 0 fully saturated rings. The molecule has 0 atom stereocenters. The first-order chi connectivity index (χ1) is 4.00. The fourth-order valence-corrected chi connectivity index (χ4v) is 0. The Hall–Kier alpha value is 3.70. The summed E-state index contributed by atoms with van der Waals surface area (Å²) < 4.78 is 0. The molecule has 0 radical (unpaired) electrons. The maximum absolute atomic E-state index is 7.33. The Morgan fingerprint density at radius 2 is 0.312 bits per heavy atom. The minimum atomic E-state index is -4.61. The van der Waals surface area contributed by atoms with Crippen LogP contribution in [0.3, 0.4) is 0 Å². The minimum absolute atomic E-state index is 0. The number of hydrogen-bond acceptors (Lipinski definition) is 8. The zero-order chi connectivity index (χ0) is 9.00. The van der Waals surface area contributed by atoms with E-state index < -0.39 is 18.1 Å². The zero-order valence-corrected chi connectivity index (χ0v) is 6.58. The predicted molar refractivity (Wildman–Crippen MR) is 72.2 cm³/mol. The Morgan fingerprint density at radius 3 is 0.312 bits per heavy atom. The molecule has 0 aromatic rings. The van der Waals surface area contributed by atoms with Crippen LogP contribution in [0.1, 0.15) is 0 Å². The molecule has 0 aromatic carbocycles. The molecule has 0 amide bonds. The molecule has 16 heteroatoms. The quantitative estimate of drug-likeness (QED) is 0.193. The fourth-order valence-electron chi connectivity index (χ4n) is 0. The van der Waals surface area contributed by atoms with Crippen LogP contribution in [-0.4, -0.2) is 170 Å². The molecule has 8 N–H and O–H groups in total. The summed E-state index contributed by atoms with van der Waals surface area (Å²) in [6, 6.07) is 0. The van der Waals surface area contributed by atoms with Crippen LogP contribution in [0, 0.1) is 0 Å². The van der Waals surface area contributed by atoms with Gasteiger partial charge in [-0.05, 0) is 0 Å². The molecule has 0 aromatic heterocycles. The molecule has 0 aliphatic rings. The van der Waals surface area contributed by atoms with Gasteiger partial charge < -0.3 is 38.4 Å². The normalized spacial score (nSPS) is 7.50. The van der Waals surface area contributed by atoms with Crippen molar-refractivity contribution in [3.63, 3.8) is 0 Å². The van der Waals surface area contributed by atoms with Gasteiger partial charge in [0.25, 0.3) is 0 Å². The Labute approximate surface area is 167 Å². The van der Waals surface area contributed by atoms with E-state index in [-0.39, 0.29) is 113 Å². The van der Waals surface area contributed by atoms with Gasteiger partial charge in [0.15, 0.2) is 0 Å². The van der Waals surface area contributed by atoms with Crippen LogP contribution < -0.4 is 0 Å². The van der Waals surface area contributed by atoms with Gasteiger partial charge in [0.1, 0.15) is 0 Å². The van der Waals surface area contributed by atoms with Gasteiger partial charge in [-0.2, -0.15) is 0 Å². The van der Waals surface area contributed by atoms with E-state index in [0.717, 1.165) is 0 Å². The summed E-state index contributed by atoms with van der Waals surface area (Å²) >= 11 is 0. The van der Waals surface area contributed by atoms with Crippen molar-refractivity contribution in [2.24, 2.45) is 0 Å². The predicted octanol–water partition coefficient (Wildman–Crippen LogP) is -9.11. The Bertz CT molecular complexity index is 65.5. The zero-order valence-electron chi connectivity index (χ0n) is 4.58. The van der Waals surface area contributed by atoms with E-state index >= 15 is 0 Å². The van der Waals surface area contributed by atoms with Crippen molar-refractivity contribution in [3.8, 4) is 0 Å². The number of rotatable bonds is 0. The molecule has 0 saturated heterocycles. The van der Waals surface area contributed by atoms with Crippen LogP contribution in [0.15, 0.2) is 0 Å². The molecule has 0 rings (SSSR count). The summed E-state index contributed by atoms with van der Waals surface area (Å²) in [5, 5.41) is 0. The Balaban J connectivity index is -0.00000000970. The van der Waals surface area contributed by atoms with Crippen LogP contribution in [0.4, 0.5) is 0 Å². The van der Waals surface area contributed by atoms with E-state index in [0.29, 0.717) is 0 Å². The number of hydrogen-bond donors (Lipinski definition) is 8. The second kappa shape index (κ2) is 23.8. The summed E-state index contributed by atoms with van der Waals surface area (Å²) in [6.07, 6.45) is 0. The average Bonchev–Trinajstić information content (AvgIpc) is 1.12. The molecule has 0 bridgehead atoms. The third-order valence-corrected chi connectivity index (χ3v) is 0. The van der Waals surface area contributed by atoms with E-state index in [4.69, 9.17) is 38.4 Å². The van der Waals surface area contributed by atoms with Gasteiger partial charge in [-0.1, -0.05) is 0 Å². The molecular formula is H14Li6O8Si2.